The molecule has 1 aromatic heterocycles. The van der Waals surface area contributed by atoms with Gasteiger partial charge in [0.15, 0.2) is 0 Å². The lowest BCUT2D eigenvalue weighted by molar-refractivity contribution is -0.139. The summed E-state index contributed by atoms with van der Waals surface area (Å²) < 4.78 is 29.8. The van der Waals surface area contributed by atoms with Gasteiger partial charge in [-0.25, -0.2) is 8.78 Å². The zero-order valence-electron chi connectivity index (χ0n) is 8.83. The van der Waals surface area contributed by atoms with Crippen LogP contribution in [0.25, 0.3) is 0 Å². The second-order valence-corrected chi connectivity index (χ2v) is 3.17. The predicted molar refractivity (Wildman–Crippen MR) is 51.3 cm³/mol. The van der Waals surface area contributed by atoms with Crippen LogP contribution in [0.15, 0.2) is 6.20 Å². The third-order valence-corrected chi connectivity index (χ3v) is 2.17. The molecule has 0 aliphatic carbocycles. The van der Waals surface area contributed by atoms with Crippen molar-refractivity contribution in [1.29, 1.82) is 0 Å². The molecular weight excluding hydrogens is 220 g/mol. The molecule has 1 aromatic rings. The Morgan fingerprint density at radius 1 is 1.62 bits per heavy atom. The topological polar surface area (TPSA) is 59.4 Å². The molecule has 0 atom stereocenters. The maximum absolute atomic E-state index is 12.7. The molecule has 6 heteroatoms. The van der Waals surface area contributed by atoms with Crippen LogP contribution < -0.4 is 0 Å². The number of rotatable bonds is 3. The molecule has 0 amide bonds. The molecule has 0 saturated heterocycles. The van der Waals surface area contributed by atoms with E-state index in [2.05, 4.69) is 9.72 Å². The second kappa shape index (κ2) is 4.87. The van der Waals surface area contributed by atoms with Gasteiger partial charge in [0.2, 0.25) is 0 Å². The largest absolute Gasteiger partial charge is 0.506 e. The Hall–Kier alpha value is -1.72. The van der Waals surface area contributed by atoms with Crippen molar-refractivity contribution in [3.8, 4) is 5.75 Å². The van der Waals surface area contributed by atoms with Crippen molar-refractivity contribution in [1.82, 2.24) is 4.98 Å². The number of aromatic nitrogens is 1. The highest BCUT2D eigenvalue weighted by atomic mass is 19.3. The zero-order chi connectivity index (χ0) is 12.3. The van der Waals surface area contributed by atoms with E-state index in [1.807, 2.05) is 0 Å². The average molecular weight is 231 g/mol. The highest BCUT2D eigenvalue weighted by molar-refractivity contribution is 5.74. The lowest BCUT2D eigenvalue weighted by atomic mass is 10.0. The van der Waals surface area contributed by atoms with E-state index in [0.717, 1.165) is 13.3 Å². The maximum atomic E-state index is 12.7. The summed E-state index contributed by atoms with van der Waals surface area (Å²) in [7, 11) is 1.15. The van der Waals surface area contributed by atoms with Crippen molar-refractivity contribution >= 4 is 5.97 Å². The van der Waals surface area contributed by atoms with Crippen LogP contribution in [0.2, 0.25) is 0 Å². The molecule has 0 aromatic carbocycles. The Morgan fingerprint density at radius 2 is 2.25 bits per heavy atom. The number of pyridine rings is 1. The molecule has 4 nitrogen and oxygen atoms in total. The standard InChI is InChI=1S/C10H11F2NO3/c1-5-9(10(11)12)6(3-8(15)16-2)7(14)4-13-5/h4,10,14H,3H2,1-2H3. The number of hydrogen-bond donors (Lipinski definition) is 1. The average Bonchev–Trinajstić information content (AvgIpc) is 2.22. The normalized spacial score (nSPS) is 10.6. The quantitative estimate of drug-likeness (QED) is 0.805. The summed E-state index contributed by atoms with van der Waals surface area (Å²) in [5, 5.41) is 9.41. The molecule has 1 N–H and O–H groups in total. The van der Waals surface area contributed by atoms with Gasteiger partial charge in [0, 0.05) is 16.8 Å². The van der Waals surface area contributed by atoms with Crippen LogP contribution in [0.5, 0.6) is 5.75 Å². The second-order valence-electron chi connectivity index (χ2n) is 3.17. The Balaban J connectivity index is 3.23. The van der Waals surface area contributed by atoms with Gasteiger partial charge >= 0.3 is 5.97 Å². The molecule has 0 aliphatic rings. The number of ether oxygens (including phenoxy) is 1. The molecule has 0 spiro atoms. The number of methoxy groups -OCH3 is 1. The lowest BCUT2D eigenvalue weighted by Crippen LogP contribution is -2.09. The molecule has 0 unspecified atom stereocenters. The first-order valence-electron chi connectivity index (χ1n) is 4.49. The minimum Gasteiger partial charge on any atom is -0.506 e. The molecule has 0 saturated carbocycles. The zero-order valence-corrected chi connectivity index (χ0v) is 8.83. The van der Waals surface area contributed by atoms with Crippen molar-refractivity contribution in [2.45, 2.75) is 19.8 Å². The summed E-state index contributed by atoms with van der Waals surface area (Å²) in [6.45, 7) is 1.39. The molecule has 1 heterocycles. The van der Waals surface area contributed by atoms with Gasteiger partial charge < -0.3 is 9.84 Å². The van der Waals surface area contributed by atoms with Crippen molar-refractivity contribution in [3.63, 3.8) is 0 Å². The first kappa shape index (κ1) is 12.4. The van der Waals surface area contributed by atoms with E-state index in [9.17, 15) is 18.7 Å². The van der Waals surface area contributed by atoms with Crippen LogP contribution in [0.3, 0.4) is 0 Å². The minimum atomic E-state index is -2.79. The van der Waals surface area contributed by atoms with E-state index in [1.54, 1.807) is 0 Å². The van der Waals surface area contributed by atoms with E-state index in [-0.39, 0.29) is 11.3 Å². The van der Waals surface area contributed by atoms with Gasteiger partial charge in [-0.15, -0.1) is 0 Å². The third kappa shape index (κ3) is 2.44. The van der Waals surface area contributed by atoms with Gasteiger partial charge in [0.05, 0.1) is 19.7 Å². The van der Waals surface area contributed by atoms with E-state index >= 15 is 0 Å². The lowest BCUT2D eigenvalue weighted by Gasteiger charge is -2.11. The number of aromatic hydroxyl groups is 1. The maximum Gasteiger partial charge on any atom is 0.310 e. The van der Waals surface area contributed by atoms with E-state index < -0.39 is 30.1 Å². The summed E-state index contributed by atoms with van der Waals surface area (Å²) in [6.07, 6.45) is -2.15. The number of hydrogen-bond acceptors (Lipinski definition) is 4. The molecule has 0 radical (unpaired) electrons. The summed E-state index contributed by atoms with van der Waals surface area (Å²) in [6, 6.07) is 0. The van der Waals surface area contributed by atoms with Crippen LogP contribution in [-0.2, 0) is 16.0 Å². The first-order valence-corrected chi connectivity index (χ1v) is 4.49. The number of aryl methyl sites for hydroxylation is 1. The Labute approximate surface area is 90.9 Å². The van der Waals surface area contributed by atoms with Gasteiger partial charge in [0.1, 0.15) is 5.75 Å². The molecule has 1 rings (SSSR count). The monoisotopic (exact) mass is 231 g/mol. The fourth-order valence-electron chi connectivity index (χ4n) is 1.35. The number of carbonyl (C=O) groups is 1. The number of esters is 1. The number of nitrogens with zero attached hydrogens (tertiary/aromatic N) is 1. The summed E-state index contributed by atoms with van der Waals surface area (Å²) >= 11 is 0. The fourth-order valence-corrected chi connectivity index (χ4v) is 1.35. The summed E-state index contributed by atoms with van der Waals surface area (Å²) in [5.74, 6) is -1.12. The molecule has 0 aliphatic heterocycles. The Morgan fingerprint density at radius 3 is 2.75 bits per heavy atom. The van der Waals surface area contributed by atoms with Crippen LogP contribution in [-0.4, -0.2) is 23.2 Å². The van der Waals surface area contributed by atoms with Gasteiger partial charge in [-0.3, -0.25) is 9.78 Å². The van der Waals surface area contributed by atoms with Gasteiger partial charge in [0.25, 0.3) is 6.43 Å². The smallest absolute Gasteiger partial charge is 0.310 e. The van der Waals surface area contributed by atoms with E-state index in [1.165, 1.54) is 6.92 Å². The molecule has 0 fully saturated rings. The van der Waals surface area contributed by atoms with Crippen molar-refractivity contribution in [3.05, 3.63) is 23.0 Å². The molecule has 0 bridgehead atoms. The minimum absolute atomic E-state index is 0.0895. The third-order valence-electron chi connectivity index (χ3n) is 2.17. The van der Waals surface area contributed by atoms with Crippen molar-refractivity contribution in [2.75, 3.05) is 7.11 Å². The first-order chi connectivity index (χ1) is 7.47. The van der Waals surface area contributed by atoms with Crippen LogP contribution in [0.4, 0.5) is 8.78 Å². The fraction of sp³-hybridized carbons (Fsp3) is 0.400. The van der Waals surface area contributed by atoms with Crippen LogP contribution in [0.1, 0.15) is 23.2 Å². The molecule has 16 heavy (non-hydrogen) atoms. The Bertz CT molecular complexity index is 407. The summed E-state index contributed by atoms with van der Waals surface area (Å²) in [4.78, 5) is 14.6. The van der Waals surface area contributed by atoms with Gasteiger partial charge in [-0.1, -0.05) is 0 Å². The highest BCUT2D eigenvalue weighted by Crippen LogP contribution is 2.31. The van der Waals surface area contributed by atoms with Crippen LogP contribution in [0, 0.1) is 6.92 Å². The Kier molecular flexibility index (Phi) is 3.76. The van der Waals surface area contributed by atoms with Gasteiger partial charge in [-0.2, -0.15) is 0 Å². The van der Waals surface area contributed by atoms with E-state index in [4.69, 9.17) is 0 Å². The van der Waals surface area contributed by atoms with E-state index in [0.29, 0.717) is 0 Å². The molecular formula is C10H11F2NO3. The highest BCUT2D eigenvalue weighted by Gasteiger charge is 2.22. The molecule has 88 valence electrons. The van der Waals surface area contributed by atoms with Crippen molar-refractivity contribution < 1.29 is 23.4 Å². The van der Waals surface area contributed by atoms with Crippen LogP contribution >= 0.6 is 0 Å². The SMILES string of the molecule is COC(=O)Cc1c(O)cnc(C)c1C(F)F. The van der Waals surface area contributed by atoms with Crippen molar-refractivity contribution in [2.24, 2.45) is 0 Å². The van der Waals surface area contributed by atoms with Gasteiger partial charge in [-0.05, 0) is 6.92 Å². The summed E-state index contributed by atoms with van der Waals surface area (Å²) in [5.41, 5.74) is -0.452. The number of alkyl halides is 2. The number of carbonyl (C=O) groups excluding carboxylic acids is 1. The number of halogens is 2. The predicted octanol–water partition coefficient (Wildman–Crippen LogP) is 1.75.